The Balaban J connectivity index is 1.51. The molecule has 0 aliphatic carbocycles. The fourth-order valence-corrected chi connectivity index (χ4v) is 5.72. The lowest BCUT2D eigenvalue weighted by molar-refractivity contribution is 0.0205. The summed E-state index contributed by atoms with van der Waals surface area (Å²) in [7, 11) is 3.74. The number of likely N-dealkylation sites (tertiary alicyclic amines) is 1. The summed E-state index contributed by atoms with van der Waals surface area (Å²) < 4.78 is 9.15. The zero-order chi connectivity index (χ0) is 26.6. The number of nitrogens with zero attached hydrogens (tertiary/aromatic N) is 3. The fourth-order valence-electron chi connectivity index (χ4n) is 5.72. The molecule has 5 rings (SSSR count). The van der Waals surface area contributed by atoms with Crippen LogP contribution in [0.15, 0.2) is 41.5 Å². The van der Waals surface area contributed by atoms with Crippen LogP contribution in [0.5, 0.6) is 0 Å². The van der Waals surface area contributed by atoms with Crippen LogP contribution >= 0.6 is 0 Å². The van der Waals surface area contributed by atoms with Gasteiger partial charge in [-0.1, -0.05) is 19.9 Å². The molecule has 1 saturated heterocycles. The predicted octanol–water partition coefficient (Wildman–Crippen LogP) is 6.26. The van der Waals surface area contributed by atoms with E-state index in [-0.39, 0.29) is 11.7 Å². The first-order valence-electron chi connectivity index (χ1n) is 13.2. The van der Waals surface area contributed by atoms with Crippen LogP contribution in [0.25, 0.3) is 33.1 Å². The van der Waals surface area contributed by atoms with E-state index in [1.165, 1.54) is 16.5 Å². The van der Waals surface area contributed by atoms with Crippen molar-refractivity contribution in [2.24, 2.45) is 14.1 Å². The molecule has 1 amide bonds. The molecule has 1 N–H and O–H groups in total. The van der Waals surface area contributed by atoms with Crippen molar-refractivity contribution in [1.82, 2.24) is 19.0 Å². The zero-order valence-corrected chi connectivity index (χ0v) is 23.0. The van der Waals surface area contributed by atoms with E-state index < -0.39 is 5.60 Å². The summed E-state index contributed by atoms with van der Waals surface area (Å²) in [5, 5.41) is 2.20. The Morgan fingerprint density at radius 3 is 2.41 bits per heavy atom. The quantitative estimate of drug-likeness (QED) is 0.359. The van der Waals surface area contributed by atoms with Crippen molar-refractivity contribution in [3.8, 4) is 11.3 Å². The standard InChI is InChI=1S/C30H38N4O3/c1-18(2)25-22-16-20(19-10-14-34(15-11-19)29(36)37-30(3,4)5)8-9-24(22)31-26(25)23-17-33(7)28(35)27-21(23)12-13-32(27)6/h8-9,12-13,16-19,31H,10-11,14-15H2,1-7H3. The number of carbonyl (C=O) groups is 1. The van der Waals surface area contributed by atoms with Crippen LogP contribution in [-0.2, 0) is 18.8 Å². The molecule has 0 spiro atoms. The molecule has 37 heavy (non-hydrogen) atoms. The van der Waals surface area contributed by atoms with Crippen LogP contribution in [0.1, 0.15) is 70.4 Å². The molecular weight excluding hydrogens is 464 g/mol. The second-order valence-corrected chi connectivity index (χ2v) is 11.8. The van der Waals surface area contributed by atoms with E-state index in [1.54, 1.807) is 4.57 Å². The summed E-state index contributed by atoms with van der Waals surface area (Å²) in [4.78, 5) is 30.9. The maximum atomic E-state index is 12.8. The average molecular weight is 503 g/mol. The number of pyridine rings is 1. The number of rotatable bonds is 3. The topological polar surface area (TPSA) is 72.3 Å². The molecule has 0 bridgehead atoms. The minimum atomic E-state index is -0.478. The molecule has 4 heterocycles. The Kier molecular flexibility index (Phi) is 6.21. The van der Waals surface area contributed by atoms with Gasteiger partial charge in [-0.2, -0.15) is 0 Å². The van der Waals surface area contributed by atoms with Gasteiger partial charge in [-0.3, -0.25) is 4.79 Å². The van der Waals surface area contributed by atoms with Crippen molar-refractivity contribution in [3.05, 3.63) is 58.1 Å². The van der Waals surface area contributed by atoms with E-state index in [9.17, 15) is 9.59 Å². The number of hydrogen-bond donors (Lipinski definition) is 1. The summed E-state index contributed by atoms with van der Waals surface area (Å²) in [5.74, 6) is 0.698. The fraction of sp³-hybridized carbons (Fsp3) is 0.467. The lowest BCUT2D eigenvalue weighted by atomic mass is 9.87. The normalized spacial score (nSPS) is 15.3. The van der Waals surface area contributed by atoms with Gasteiger partial charge in [0.05, 0.1) is 5.69 Å². The Morgan fingerprint density at radius 2 is 1.76 bits per heavy atom. The number of hydrogen-bond acceptors (Lipinski definition) is 3. The monoisotopic (exact) mass is 502 g/mol. The third-order valence-electron chi connectivity index (χ3n) is 7.54. The van der Waals surface area contributed by atoms with E-state index in [0.29, 0.717) is 30.4 Å². The number of carbonyl (C=O) groups excluding carboxylic acids is 1. The van der Waals surface area contributed by atoms with Gasteiger partial charge in [0.1, 0.15) is 11.1 Å². The lowest BCUT2D eigenvalue weighted by Crippen LogP contribution is -2.41. The number of amides is 1. The Morgan fingerprint density at radius 1 is 1.05 bits per heavy atom. The lowest BCUT2D eigenvalue weighted by Gasteiger charge is -2.33. The first kappa shape index (κ1) is 25.2. The maximum absolute atomic E-state index is 12.8. The molecule has 1 aromatic carbocycles. The second kappa shape index (κ2) is 9.12. The SMILES string of the molecule is CC(C)c1c(-c2cn(C)c(=O)c3c2ccn3C)[nH]c2ccc(C3CCN(C(=O)OC(C)(C)C)CC3)cc12. The molecule has 4 aromatic rings. The van der Waals surface area contributed by atoms with Crippen molar-refractivity contribution >= 4 is 27.9 Å². The van der Waals surface area contributed by atoms with Gasteiger partial charge >= 0.3 is 6.09 Å². The van der Waals surface area contributed by atoms with Crippen molar-refractivity contribution in [2.45, 2.75) is 64.9 Å². The molecule has 1 aliphatic rings. The number of aryl methyl sites for hydroxylation is 2. The van der Waals surface area contributed by atoms with Gasteiger partial charge < -0.3 is 23.8 Å². The van der Waals surface area contributed by atoms with E-state index in [0.717, 1.165) is 35.0 Å². The van der Waals surface area contributed by atoms with E-state index >= 15 is 0 Å². The zero-order valence-electron chi connectivity index (χ0n) is 23.0. The van der Waals surface area contributed by atoms with E-state index in [1.807, 2.05) is 62.8 Å². The summed E-state index contributed by atoms with van der Waals surface area (Å²) in [6.07, 6.45) is 5.53. The largest absolute Gasteiger partial charge is 0.444 e. The molecule has 196 valence electrons. The summed E-state index contributed by atoms with van der Waals surface area (Å²) in [5.41, 5.74) is 6.06. The number of piperidine rings is 1. The van der Waals surface area contributed by atoms with E-state index in [2.05, 4.69) is 37.0 Å². The molecule has 0 atom stereocenters. The van der Waals surface area contributed by atoms with Gasteiger partial charge in [0.2, 0.25) is 0 Å². The molecular formula is C30H38N4O3. The Labute approximate surface area is 218 Å². The minimum Gasteiger partial charge on any atom is -0.444 e. The molecule has 3 aromatic heterocycles. The van der Waals surface area contributed by atoms with Crippen molar-refractivity contribution < 1.29 is 9.53 Å². The van der Waals surface area contributed by atoms with Gasteiger partial charge in [0, 0.05) is 61.4 Å². The average Bonchev–Trinajstić information content (AvgIpc) is 3.41. The molecule has 1 fully saturated rings. The summed E-state index contributed by atoms with van der Waals surface area (Å²) >= 11 is 0. The molecule has 0 saturated carbocycles. The number of aromatic amines is 1. The van der Waals surface area contributed by atoms with Gasteiger partial charge in [-0.25, -0.2) is 4.79 Å². The van der Waals surface area contributed by atoms with Gasteiger partial charge in [-0.05, 0) is 74.8 Å². The Bertz CT molecular complexity index is 1540. The summed E-state index contributed by atoms with van der Waals surface area (Å²) in [6, 6.07) is 8.78. The Hall–Kier alpha value is -3.48. The number of fused-ring (bicyclic) bond motifs is 2. The van der Waals surface area contributed by atoms with Crippen LogP contribution in [0.4, 0.5) is 4.79 Å². The first-order valence-corrected chi connectivity index (χ1v) is 13.2. The van der Waals surface area contributed by atoms with E-state index in [4.69, 9.17) is 4.74 Å². The van der Waals surface area contributed by atoms with Crippen LogP contribution in [-0.4, -0.2) is 43.8 Å². The second-order valence-electron chi connectivity index (χ2n) is 11.8. The van der Waals surface area contributed by atoms with Crippen LogP contribution < -0.4 is 5.56 Å². The number of nitrogens with one attached hydrogen (secondary N) is 1. The van der Waals surface area contributed by atoms with Gasteiger partial charge in [0.25, 0.3) is 5.56 Å². The molecule has 7 nitrogen and oxygen atoms in total. The van der Waals surface area contributed by atoms with Crippen LogP contribution in [0.3, 0.4) is 0 Å². The highest BCUT2D eigenvalue weighted by atomic mass is 16.6. The van der Waals surface area contributed by atoms with Crippen molar-refractivity contribution in [1.29, 1.82) is 0 Å². The first-order chi connectivity index (χ1) is 17.4. The number of ether oxygens (including phenoxy) is 1. The smallest absolute Gasteiger partial charge is 0.410 e. The summed E-state index contributed by atoms with van der Waals surface area (Å²) in [6.45, 7) is 11.6. The molecule has 0 unspecified atom stereocenters. The van der Waals surface area contributed by atoms with Crippen LogP contribution in [0, 0.1) is 0 Å². The highest BCUT2D eigenvalue weighted by molar-refractivity contribution is 6.00. The molecule has 0 radical (unpaired) electrons. The van der Waals surface area contributed by atoms with Crippen molar-refractivity contribution in [3.63, 3.8) is 0 Å². The number of H-pyrrole nitrogens is 1. The third kappa shape index (κ3) is 4.56. The maximum Gasteiger partial charge on any atom is 0.410 e. The van der Waals surface area contributed by atoms with Crippen molar-refractivity contribution in [2.75, 3.05) is 13.1 Å². The highest BCUT2D eigenvalue weighted by Gasteiger charge is 2.28. The predicted molar refractivity (Wildman–Crippen MR) is 149 cm³/mol. The molecule has 7 heteroatoms. The molecule has 1 aliphatic heterocycles. The highest BCUT2D eigenvalue weighted by Crippen LogP contribution is 2.40. The number of benzene rings is 1. The van der Waals surface area contributed by atoms with Gasteiger partial charge in [0.15, 0.2) is 0 Å². The minimum absolute atomic E-state index is 0.00784. The third-order valence-corrected chi connectivity index (χ3v) is 7.54. The van der Waals surface area contributed by atoms with Crippen LogP contribution in [0.2, 0.25) is 0 Å². The van der Waals surface area contributed by atoms with Gasteiger partial charge in [-0.15, -0.1) is 0 Å². The number of aromatic nitrogens is 3.